The van der Waals surface area contributed by atoms with E-state index in [4.69, 9.17) is 9.47 Å². The number of nitrogens with zero attached hydrogens (tertiary/aromatic N) is 1. The highest BCUT2D eigenvalue weighted by Crippen LogP contribution is 2.15. The van der Waals surface area contributed by atoms with Crippen molar-refractivity contribution in [1.82, 2.24) is 5.43 Å². The molecule has 154 valence electrons. The SMILES string of the molecule is CCOc1ccc(NCC(=O)NN=Cc2ccc(OCc3ccccc3)cc2)cc1. The van der Waals surface area contributed by atoms with Crippen molar-refractivity contribution in [2.24, 2.45) is 5.10 Å². The summed E-state index contributed by atoms with van der Waals surface area (Å²) in [6.07, 6.45) is 1.59. The van der Waals surface area contributed by atoms with E-state index in [0.29, 0.717) is 13.2 Å². The van der Waals surface area contributed by atoms with Crippen molar-refractivity contribution in [2.75, 3.05) is 18.5 Å². The molecule has 3 aromatic carbocycles. The molecule has 0 radical (unpaired) electrons. The molecule has 2 N–H and O–H groups in total. The van der Waals surface area contributed by atoms with Gasteiger partial charge in [-0.15, -0.1) is 0 Å². The van der Waals surface area contributed by atoms with Gasteiger partial charge in [-0.25, -0.2) is 5.43 Å². The molecule has 0 saturated heterocycles. The van der Waals surface area contributed by atoms with Crippen molar-refractivity contribution in [2.45, 2.75) is 13.5 Å². The van der Waals surface area contributed by atoms with E-state index >= 15 is 0 Å². The molecule has 0 atom stereocenters. The van der Waals surface area contributed by atoms with Crippen molar-refractivity contribution in [3.63, 3.8) is 0 Å². The summed E-state index contributed by atoms with van der Waals surface area (Å²) in [6.45, 7) is 3.20. The third kappa shape index (κ3) is 6.98. The van der Waals surface area contributed by atoms with Gasteiger partial charge in [0.25, 0.3) is 5.91 Å². The van der Waals surface area contributed by atoms with Crippen LogP contribution in [-0.4, -0.2) is 25.3 Å². The first-order valence-corrected chi connectivity index (χ1v) is 9.78. The number of anilines is 1. The summed E-state index contributed by atoms with van der Waals surface area (Å²) in [5.74, 6) is 1.34. The van der Waals surface area contributed by atoms with Gasteiger partial charge in [0.2, 0.25) is 0 Å². The Bertz CT molecular complexity index is 940. The largest absolute Gasteiger partial charge is 0.494 e. The molecule has 30 heavy (non-hydrogen) atoms. The molecule has 0 aliphatic carbocycles. The van der Waals surface area contributed by atoms with Gasteiger partial charge in [0, 0.05) is 5.69 Å². The predicted molar refractivity (Wildman–Crippen MR) is 119 cm³/mol. The number of hydrogen-bond acceptors (Lipinski definition) is 5. The first kappa shape index (κ1) is 20.9. The van der Waals surface area contributed by atoms with Crippen LogP contribution < -0.4 is 20.2 Å². The summed E-state index contributed by atoms with van der Waals surface area (Å²) in [7, 11) is 0. The van der Waals surface area contributed by atoms with E-state index in [1.54, 1.807) is 6.21 Å². The minimum atomic E-state index is -0.233. The summed E-state index contributed by atoms with van der Waals surface area (Å²) in [4.78, 5) is 11.9. The van der Waals surface area contributed by atoms with E-state index in [9.17, 15) is 4.79 Å². The summed E-state index contributed by atoms with van der Waals surface area (Å²) < 4.78 is 11.1. The Morgan fingerprint density at radius 3 is 2.27 bits per heavy atom. The first-order valence-electron chi connectivity index (χ1n) is 9.78. The molecule has 0 unspecified atom stereocenters. The fourth-order valence-corrected chi connectivity index (χ4v) is 2.63. The van der Waals surface area contributed by atoms with E-state index in [0.717, 1.165) is 28.3 Å². The van der Waals surface area contributed by atoms with Crippen LogP contribution in [0.1, 0.15) is 18.1 Å². The van der Waals surface area contributed by atoms with Crippen molar-refractivity contribution < 1.29 is 14.3 Å². The summed E-state index contributed by atoms with van der Waals surface area (Å²) >= 11 is 0. The maximum Gasteiger partial charge on any atom is 0.259 e. The van der Waals surface area contributed by atoms with Crippen LogP contribution in [0.3, 0.4) is 0 Å². The quantitative estimate of drug-likeness (QED) is 0.393. The van der Waals surface area contributed by atoms with E-state index in [-0.39, 0.29) is 12.5 Å². The Balaban J connectivity index is 1.39. The molecule has 1 amide bonds. The number of nitrogens with one attached hydrogen (secondary N) is 2. The van der Waals surface area contributed by atoms with Crippen LogP contribution in [0.4, 0.5) is 5.69 Å². The second kappa shape index (κ2) is 11.3. The zero-order valence-electron chi connectivity index (χ0n) is 16.9. The Labute approximate surface area is 176 Å². The maximum absolute atomic E-state index is 11.9. The second-order valence-corrected chi connectivity index (χ2v) is 6.45. The molecule has 0 aliphatic rings. The van der Waals surface area contributed by atoms with Gasteiger partial charge < -0.3 is 14.8 Å². The molecule has 0 aromatic heterocycles. The van der Waals surface area contributed by atoms with Gasteiger partial charge in [0.1, 0.15) is 18.1 Å². The molecular weight excluding hydrogens is 378 g/mol. The monoisotopic (exact) mass is 403 g/mol. The molecule has 6 heteroatoms. The maximum atomic E-state index is 11.9. The lowest BCUT2D eigenvalue weighted by Gasteiger charge is -2.07. The highest BCUT2D eigenvalue weighted by atomic mass is 16.5. The number of ether oxygens (including phenoxy) is 2. The van der Waals surface area contributed by atoms with Crippen LogP contribution >= 0.6 is 0 Å². The van der Waals surface area contributed by atoms with Crippen LogP contribution in [-0.2, 0) is 11.4 Å². The second-order valence-electron chi connectivity index (χ2n) is 6.45. The zero-order valence-corrected chi connectivity index (χ0v) is 16.9. The average molecular weight is 403 g/mol. The summed E-state index contributed by atoms with van der Waals surface area (Å²) in [6, 6.07) is 25.0. The standard InChI is InChI=1S/C24H25N3O3/c1-2-29-22-14-10-21(11-15-22)25-17-24(28)27-26-16-19-8-12-23(13-9-19)30-18-20-6-4-3-5-7-20/h3-16,25H,2,17-18H2,1H3,(H,27,28). The van der Waals surface area contributed by atoms with E-state index in [1.165, 1.54) is 0 Å². The van der Waals surface area contributed by atoms with Crippen LogP contribution in [0.2, 0.25) is 0 Å². The normalized spacial score (nSPS) is 10.6. The third-order valence-corrected chi connectivity index (χ3v) is 4.15. The molecule has 0 fully saturated rings. The smallest absolute Gasteiger partial charge is 0.259 e. The molecule has 0 saturated carbocycles. The van der Waals surface area contributed by atoms with Crippen LogP contribution in [0, 0.1) is 0 Å². The summed E-state index contributed by atoms with van der Waals surface area (Å²) in [5, 5.41) is 7.03. The molecule has 6 nitrogen and oxygen atoms in total. The van der Waals surface area contributed by atoms with Gasteiger partial charge in [-0.3, -0.25) is 4.79 Å². The van der Waals surface area contributed by atoms with Crippen molar-refractivity contribution in [3.05, 3.63) is 90.0 Å². The Morgan fingerprint density at radius 2 is 1.57 bits per heavy atom. The van der Waals surface area contributed by atoms with Gasteiger partial charge in [-0.2, -0.15) is 5.10 Å². The highest BCUT2D eigenvalue weighted by molar-refractivity contribution is 5.84. The van der Waals surface area contributed by atoms with Crippen molar-refractivity contribution in [1.29, 1.82) is 0 Å². The van der Waals surface area contributed by atoms with E-state index < -0.39 is 0 Å². The predicted octanol–water partition coefficient (Wildman–Crippen LogP) is 4.23. The minimum Gasteiger partial charge on any atom is -0.494 e. The van der Waals surface area contributed by atoms with E-state index in [1.807, 2.05) is 85.8 Å². The summed E-state index contributed by atoms with van der Waals surface area (Å²) in [5.41, 5.74) is 5.32. The van der Waals surface area contributed by atoms with E-state index in [2.05, 4.69) is 15.8 Å². The van der Waals surface area contributed by atoms with Gasteiger partial charge >= 0.3 is 0 Å². The molecule has 0 heterocycles. The Morgan fingerprint density at radius 1 is 0.900 bits per heavy atom. The lowest BCUT2D eigenvalue weighted by molar-refractivity contribution is -0.119. The number of hydrazone groups is 1. The minimum absolute atomic E-state index is 0.123. The lowest BCUT2D eigenvalue weighted by Crippen LogP contribution is -2.25. The average Bonchev–Trinajstić information content (AvgIpc) is 2.79. The first-order chi connectivity index (χ1) is 14.7. The molecule has 0 aliphatic heterocycles. The molecular formula is C24H25N3O3. The van der Waals surface area contributed by atoms with Crippen molar-refractivity contribution in [3.8, 4) is 11.5 Å². The molecule has 3 aromatic rings. The fourth-order valence-electron chi connectivity index (χ4n) is 2.63. The topological polar surface area (TPSA) is 72.0 Å². The van der Waals surface area contributed by atoms with Gasteiger partial charge in [0.15, 0.2) is 0 Å². The van der Waals surface area contributed by atoms with Gasteiger partial charge in [-0.05, 0) is 66.6 Å². The number of carbonyl (C=O) groups is 1. The third-order valence-electron chi connectivity index (χ3n) is 4.15. The molecule has 3 rings (SSSR count). The number of benzene rings is 3. The number of hydrogen-bond donors (Lipinski definition) is 2. The van der Waals surface area contributed by atoms with Gasteiger partial charge in [-0.1, -0.05) is 30.3 Å². The van der Waals surface area contributed by atoms with Gasteiger partial charge in [0.05, 0.1) is 19.4 Å². The van der Waals surface area contributed by atoms with Crippen LogP contribution in [0.25, 0.3) is 0 Å². The highest BCUT2D eigenvalue weighted by Gasteiger charge is 2.00. The number of rotatable bonds is 10. The Hall–Kier alpha value is -3.80. The van der Waals surface area contributed by atoms with Crippen LogP contribution in [0.5, 0.6) is 11.5 Å². The van der Waals surface area contributed by atoms with Crippen LogP contribution in [0.15, 0.2) is 84.0 Å². The lowest BCUT2D eigenvalue weighted by atomic mass is 10.2. The number of carbonyl (C=O) groups excluding carboxylic acids is 1. The fraction of sp³-hybridized carbons (Fsp3) is 0.167. The van der Waals surface area contributed by atoms with Crippen molar-refractivity contribution >= 4 is 17.8 Å². The number of amides is 1. The molecule has 0 bridgehead atoms. The Kier molecular flexibility index (Phi) is 7.85. The zero-order chi connectivity index (χ0) is 21.0. The molecule has 0 spiro atoms.